The van der Waals surface area contributed by atoms with E-state index >= 15 is 0 Å². The monoisotopic (exact) mass is 226 g/mol. The SMILES string of the molecule is CC(=O)Cc1ccc(Cl)c2c1OCOC2. The molecule has 0 radical (unpaired) electrons. The predicted molar refractivity (Wildman–Crippen MR) is 56.1 cm³/mol. The minimum atomic E-state index is 0.106. The molecular weight excluding hydrogens is 216 g/mol. The Balaban J connectivity index is 2.43. The highest BCUT2D eigenvalue weighted by molar-refractivity contribution is 6.31. The number of Topliss-reactive ketones (excluding diaryl/α,β-unsaturated/α-hetero) is 1. The van der Waals surface area contributed by atoms with Gasteiger partial charge in [0.15, 0.2) is 6.79 Å². The molecule has 0 unspecified atom stereocenters. The van der Waals surface area contributed by atoms with E-state index in [9.17, 15) is 4.79 Å². The van der Waals surface area contributed by atoms with Gasteiger partial charge in [-0.05, 0) is 13.0 Å². The summed E-state index contributed by atoms with van der Waals surface area (Å²) in [7, 11) is 0. The molecular formula is C11H11ClO3. The van der Waals surface area contributed by atoms with Gasteiger partial charge in [-0.3, -0.25) is 4.79 Å². The van der Waals surface area contributed by atoms with Crippen LogP contribution in [-0.4, -0.2) is 12.6 Å². The van der Waals surface area contributed by atoms with Crippen LogP contribution in [0.3, 0.4) is 0 Å². The summed E-state index contributed by atoms with van der Waals surface area (Å²) in [4.78, 5) is 11.1. The van der Waals surface area contributed by atoms with E-state index < -0.39 is 0 Å². The molecule has 15 heavy (non-hydrogen) atoms. The van der Waals surface area contributed by atoms with Crippen molar-refractivity contribution in [1.29, 1.82) is 0 Å². The fraction of sp³-hybridized carbons (Fsp3) is 0.364. The van der Waals surface area contributed by atoms with Crippen LogP contribution < -0.4 is 4.74 Å². The lowest BCUT2D eigenvalue weighted by Crippen LogP contribution is -2.14. The van der Waals surface area contributed by atoms with E-state index in [1.54, 1.807) is 13.0 Å². The van der Waals surface area contributed by atoms with Crippen molar-refractivity contribution in [2.24, 2.45) is 0 Å². The van der Waals surface area contributed by atoms with Gasteiger partial charge in [0.25, 0.3) is 0 Å². The molecule has 0 aliphatic carbocycles. The fourth-order valence-corrected chi connectivity index (χ4v) is 1.82. The molecule has 1 aromatic carbocycles. The van der Waals surface area contributed by atoms with E-state index in [0.717, 1.165) is 11.1 Å². The van der Waals surface area contributed by atoms with Gasteiger partial charge in [-0.1, -0.05) is 17.7 Å². The summed E-state index contributed by atoms with van der Waals surface area (Å²) >= 11 is 6.01. The van der Waals surface area contributed by atoms with E-state index in [4.69, 9.17) is 21.1 Å². The molecule has 80 valence electrons. The Hall–Kier alpha value is -1.06. The van der Waals surface area contributed by atoms with Gasteiger partial charge < -0.3 is 9.47 Å². The second kappa shape index (κ2) is 4.21. The van der Waals surface area contributed by atoms with Crippen molar-refractivity contribution in [3.63, 3.8) is 0 Å². The summed E-state index contributed by atoms with van der Waals surface area (Å²) < 4.78 is 10.5. The first kappa shape index (κ1) is 10.5. The molecule has 1 aromatic rings. The van der Waals surface area contributed by atoms with E-state index in [2.05, 4.69) is 0 Å². The summed E-state index contributed by atoms with van der Waals surface area (Å²) in [6.07, 6.45) is 0.375. The first-order valence-corrected chi connectivity index (χ1v) is 5.06. The molecule has 4 heteroatoms. The molecule has 0 N–H and O–H groups in total. The van der Waals surface area contributed by atoms with Gasteiger partial charge in [0.1, 0.15) is 11.5 Å². The molecule has 0 fully saturated rings. The van der Waals surface area contributed by atoms with E-state index in [1.165, 1.54) is 0 Å². The van der Waals surface area contributed by atoms with Gasteiger partial charge in [-0.25, -0.2) is 0 Å². The van der Waals surface area contributed by atoms with E-state index in [1.807, 2.05) is 6.07 Å². The molecule has 0 aromatic heterocycles. The lowest BCUT2D eigenvalue weighted by Gasteiger charge is -2.21. The molecule has 1 aliphatic heterocycles. The van der Waals surface area contributed by atoms with Crippen LogP contribution in [0.25, 0.3) is 0 Å². The highest BCUT2D eigenvalue weighted by atomic mass is 35.5. The van der Waals surface area contributed by atoms with Crippen molar-refractivity contribution >= 4 is 17.4 Å². The first-order valence-electron chi connectivity index (χ1n) is 4.68. The number of hydrogen-bond donors (Lipinski definition) is 0. The van der Waals surface area contributed by atoms with Crippen molar-refractivity contribution in [2.45, 2.75) is 20.0 Å². The van der Waals surface area contributed by atoms with Crippen LogP contribution >= 0.6 is 11.6 Å². The molecule has 0 bridgehead atoms. The Morgan fingerprint density at radius 1 is 1.53 bits per heavy atom. The lowest BCUT2D eigenvalue weighted by atomic mass is 10.0. The number of fused-ring (bicyclic) bond motifs is 1. The van der Waals surface area contributed by atoms with Crippen LogP contribution in [0, 0.1) is 0 Å². The normalized spacial score (nSPS) is 14.3. The average Bonchev–Trinajstić information content (AvgIpc) is 2.22. The summed E-state index contributed by atoms with van der Waals surface area (Å²) in [6, 6.07) is 3.60. The maximum absolute atomic E-state index is 11.1. The number of carbonyl (C=O) groups excluding carboxylic acids is 1. The largest absolute Gasteiger partial charge is 0.467 e. The Labute approximate surface area is 92.9 Å². The number of benzene rings is 1. The van der Waals surface area contributed by atoms with Crippen LogP contribution in [0.15, 0.2) is 12.1 Å². The highest BCUT2D eigenvalue weighted by Gasteiger charge is 2.18. The van der Waals surface area contributed by atoms with Crippen molar-refractivity contribution in [2.75, 3.05) is 6.79 Å². The third-order valence-corrected chi connectivity index (χ3v) is 2.61. The minimum absolute atomic E-state index is 0.106. The van der Waals surface area contributed by atoms with E-state index in [-0.39, 0.29) is 12.6 Å². The number of halogens is 1. The average molecular weight is 227 g/mol. The fourth-order valence-electron chi connectivity index (χ4n) is 1.62. The van der Waals surface area contributed by atoms with Crippen molar-refractivity contribution in [3.05, 3.63) is 28.3 Å². The maximum Gasteiger partial charge on any atom is 0.189 e. The van der Waals surface area contributed by atoms with Gasteiger partial charge in [0.2, 0.25) is 0 Å². The van der Waals surface area contributed by atoms with Gasteiger partial charge in [0.05, 0.1) is 6.61 Å². The quantitative estimate of drug-likeness (QED) is 0.777. The van der Waals surface area contributed by atoms with E-state index in [0.29, 0.717) is 23.8 Å². The van der Waals surface area contributed by atoms with Gasteiger partial charge in [-0.2, -0.15) is 0 Å². The summed E-state index contributed by atoms with van der Waals surface area (Å²) in [5, 5.41) is 0.622. The Morgan fingerprint density at radius 3 is 3.07 bits per heavy atom. The topological polar surface area (TPSA) is 35.5 Å². The molecule has 0 atom stereocenters. The van der Waals surface area contributed by atoms with Gasteiger partial charge in [0, 0.05) is 22.6 Å². The Bertz CT molecular complexity index is 401. The predicted octanol–water partition coefficient (Wildman–Crippen LogP) is 2.34. The lowest BCUT2D eigenvalue weighted by molar-refractivity contribution is -0.116. The van der Waals surface area contributed by atoms with Gasteiger partial charge in [-0.15, -0.1) is 0 Å². The molecule has 3 nitrogen and oxygen atoms in total. The molecule has 0 amide bonds. The Kier molecular flexibility index (Phi) is 2.93. The Morgan fingerprint density at radius 2 is 2.33 bits per heavy atom. The van der Waals surface area contributed by atoms with Crippen LogP contribution in [0.5, 0.6) is 5.75 Å². The number of rotatable bonds is 2. The molecule has 2 rings (SSSR count). The molecule has 0 saturated heterocycles. The number of ketones is 1. The number of carbonyl (C=O) groups is 1. The van der Waals surface area contributed by atoms with Crippen molar-refractivity contribution < 1.29 is 14.3 Å². The standard InChI is InChI=1S/C11H11ClO3/c1-7(13)4-8-2-3-10(12)9-5-14-6-15-11(8)9/h2-3H,4-6H2,1H3. The van der Waals surface area contributed by atoms with Gasteiger partial charge >= 0.3 is 0 Å². The summed E-state index contributed by atoms with van der Waals surface area (Å²) in [5.41, 5.74) is 1.71. The zero-order valence-corrected chi connectivity index (χ0v) is 9.13. The maximum atomic E-state index is 11.1. The third-order valence-electron chi connectivity index (χ3n) is 2.26. The van der Waals surface area contributed by atoms with Crippen molar-refractivity contribution in [3.8, 4) is 5.75 Å². The highest BCUT2D eigenvalue weighted by Crippen LogP contribution is 2.34. The zero-order chi connectivity index (χ0) is 10.8. The molecule has 0 saturated carbocycles. The molecule has 0 spiro atoms. The van der Waals surface area contributed by atoms with Crippen LogP contribution in [0.2, 0.25) is 5.02 Å². The minimum Gasteiger partial charge on any atom is -0.467 e. The smallest absolute Gasteiger partial charge is 0.189 e. The molecule has 1 aliphatic rings. The van der Waals surface area contributed by atoms with Crippen LogP contribution in [0.4, 0.5) is 0 Å². The summed E-state index contributed by atoms with van der Waals surface area (Å²) in [6.45, 7) is 2.22. The third kappa shape index (κ3) is 2.13. The van der Waals surface area contributed by atoms with Crippen LogP contribution in [0.1, 0.15) is 18.1 Å². The second-order valence-electron chi connectivity index (χ2n) is 3.50. The van der Waals surface area contributed by atoms with Crippen LogP contribution in [-0.2, 0) is 22.6 Å². The number of hydrogen-bond acceptors (Lipinski definition) is 3. The number of ether oxygens (including phenoxy) is 2. The van der Waals surface area contributed by atoms with Crippen molar-refractivity contribution in [1.82, 2.24) is 0 Å². The summed E-state index contributed by atoms with van der Waals surface area (Å²) in [5.74, 6) is 0.818. The molecule has 1 heterocycles. The first-order chi connectivity index (χ1) is 7.18. The zero-order valence-electron chi connectivity index (χ0n) is 8.38. The second-order valence-corrected chi connectivity index (χ2v) is 3.91.